The van der Waals surface area contributed by atoms with Crippen LogP contribution in [0.3, 0.4) is 0 Å². The smallest absolute Gasteiger partial charge is 0.254 e. The second-order valence-electron chi connectivity index (χ2n) is 6.32. The van der Waals surface area contributed by atoms with E-state index in [1.54, 1.807) is 7.11 Å². The zero-order valence-corrected chi connectivity index (χ0v) is 14.3. The van der Waals surface area contributed by atoms with E-state index >= 15 is 0 Å². The molecule has 3 rings (SSSR count). The van der Waals surface area contributed by atoms with Crippen LogP contribution < -0.4 is 0 Å². The van der Waals surface area contributed by atoms with Crippen LogP contribution in [0.5, 0.6) is 0 Å². The first-order chi connectivity index (χ1) is 11.7. The summed E-state index contributed by atoms with van der Waals surface area (Å²) in [5.41, 5.74) is 3.00. The second-order valence-corrected chi connectivity index (χ2v) is 6.32. The van der Waals surface area contributed by atoms with Gasteiger partial charge in [0.15, 0.2) is 0 Å². The number of piperazine rings is 1. The monoisotopic (exact) mass is 324 g/mol. The summed E-state index contributed by atoms with van der Waals surface area (Å²) >= 11 is 0. The third kappa shape index (κ3) is 3.66. The van der Waals surface area contributed by atoms with E-state index in [1.807, 2.05) is 47.4 Å². The molecule has 0 bridgehead atoms. The molecule has 1 aliphatic rings. The maximum Gasteiger partial charge on any atom is 0.254 e. The highest BCUT2D eigenvalue weighted by Crippen LogP contribution is 2.26. The number of amides is 1. The molecule has 0 saturated carbocycles. The number of nitrogens with zero attached hydrogens (tertiary/aromatic N) is 2. The Bertz CT molecular complexity index is 670. The van der Waals surface area contributed by atoms with Crippen molar-refractivity contribution in [1.29, 1.82) is 0 Å². The van der Waals surface area contributed by atoms with E-state index in [0.29, 0.717) is 6.61 Å². The molecule has 0 spiro atoms. The Morgan fingerprint density at radius 2 is 1.79 bits per heavy atom. The van der Waals surface area contributed by atoms with Gasteiger partial charge in [0.1, 0.15) is 0 Å². The van der Waals surface area contributed by atoms with Crippen molar-refractivity contribution in [3.63, 3.8) is 0 Å². The Kier molecular flexibility index (Phi) is 5.28. The zero-order valence-electron chi connectivity index (χ0n) is 14.3. The molecule has 0 aromatic heterocycles. The molecule has 2 aromatic carbocycles. The van der Waals surface area contributed by atoms with Crippen LogP contribution >= 0.6 is 0 Å². The average Bonchev–Trinajstić information content (AvgIpc) is 2.63. The minimum absolute atomic E-state index is 0.0936. The van der Waals surface area contributed by atoms with Crippen molar-refractivity contribution in [3.8, 4) is 0 Å². The van der Waals surface area contributed by atoms with Gasteiger partial charge in [-0.2, -0.15) is 0 Å². The van der Waals surface area contributed by atoms with Crippen LogP contribution in [0.2, 0.25) is 0 Å². The lowest BCUT2D eigenvalue weighted by atomic mass is 10.0. The Labute approximate surface area is 143 Å². The highest BCUT2D eigenvalue weighted by Gasteiger charge is 2.30. The molecule has 0 aliphatic carbocycles. The third-order valence-corrected chi connectivity index (χ3v) is 4.54. The molecule has 126 valence electrons. The van der Waals surface area contributed by atoms with Crippen molar-refractivity contribution in [1.82, 2.24) is 9.80 Å². The summed E-state index contributed by atoms with van der Waals surface area (Å²) in [6.45, 7) is 3.07. The molecule has 4 heteroatoms. The predicted molar refractivity (Wildman–Crippen MR) is 94.9 cm³/mol. The number of ether oxygens (including phenoxy) is 1. The van der Waals surface area contributed by atoms with Crippen molar-refractivity contribution in [2.24, 2.45) is 0 Å². The first-order valence-corrected chi connectivity index (χ1v) is 8.31. The summed E-state index contributed by atoms with van der Waals surface area (Å²) in [5.74, 6) is 0.0981. The van der Waals surface area contributed by atoms with Crippen LogP contribution in [0.4, 0.5) is 0 Å². The largest absolute Gasteiger partial charge is 0.380 e. The summed E-state index contributed by atoms with van der Waals surface area (Å²) in [5, 5.41) is 0. The van der Waals surface area contributed by atoms with Gasteiger partial charge in [-0.25, -0.2) is 0 Å². The van der Waals surface area contributed by atoms with Crippen LogP contribution in [0.1, 0.15) is 27.5 Å². The molecular weight excluding hydrogens is 300 g/mol. The van der Waals surface area contributed by atoms with E-state index in [0.717, 1.165) is 30.8 Å². The summed E-state index contributed by atoms with van der Waals surface area (Å²) in [4.78, 5) is 17.3. The molecule has 24 heavy (non-hydrogen) atoms. The van der Waals surface area contributed by atoms with Gasteiger partial charge in [0.25, 0.3) is 5.91 Å². The van der Waals surface area contributed by atoms with Crippen molar-refractivity contribution in [2.75, 3.05) is 33.8 Å². The molecule has 1 amide bonds. The summed E-state index contributed by atoms with van der Waals surface area (Å²) < 4.78 is 5.13. The van der Waals surface area contributed by atoms with E-state index < -0.39 is 0 Å². The Balaban J connectivity index is 1.83. The molecule has 2 aromatic rings. The number of hydrogen-bond acceptors (Lipinski definition) is 3. The van der Waals surface area contributed by atoms with Crippen LogP contribution in [-0.2, 0) is 11.3 Å². The minimum Gasteiger partial charge on any atom is -0.380 e. The van der Waals surface area contributed by atoms with E-state index in [2.05, 4.69) is 24.1 Å². The fourth-order valence-corrected chi connectivity index (χ4v) is 3.20. The van der Waals surface area contributed by atoms with Gasteiger partial charge in [0.05, 0.1) is 12.6 Å². The number of methoxy groups -OCH3 is 1. The summed E-state index contributed by atoms with van der Waals surface area (Å²) in [6, 6.07) is 18.1. The number of hydrogen-bond donors (Lipinski definition) is 0. The topological polar surface area (TPSA) is 32.8 Å². The lowest BCUT2D eigenvalue weighted by Crippen LogP contribution is -2.49. The lowest BCUT2D eigenvalue weighted by molar-refractivity contribution is 0.0498. The number of likely N-dealkylation sites (N-methyl/N-ethyl adjacent to an activating group) is 1. The van der Waals surface area contributed by atoms with Gasteiger partial charge in [-0.1, -0.05) is 42.5 Å². The Morgan fingerprint density at radius 1 is 1.08 bits per heavy atom. The van der Waals surface area contributed by atoms with E-state index in [9.17, 15) is 4.79 Å². The molecule has 1 heterocycles. The zero-order chi connectivity index (χ0) is 16.9. The predicted octanol–water partition coefficient (Wildman–Crippen LogP) is 2.96. The van der Waals surface area contributed by atoms with Gasteiger partial charge in [0, 0.05) is 32.3 Å². The van der Waals surface area contributed by atoms with Crippen LogP contribution in [0, 0.1) is 0 Å². The minimum atomic E-state index is 0.0936. The normalized spacial score (nSPS) is 18.6. The summed E-state index contributed by atoms with van der Waals surface area (Å²) in [6.07, 6.45) is 0. The van der Waals surface area contributed by atoms with Crippen molar-refractivity contribution < 1.29 is 9.53 Å². The fraction of sp³-hybridized carbons (Fsp3) is 0.350. The number of benzene rings is 2. The molecule has 1 atom stereocenters. The third-order valence-electron chi connectivity index (χ3n) is 4.54. The SMILES string of the molecule is COCc1ccc(C(=O)N2CCN(C)C[C@@H]2c2ccccc2)cc1. The van der Waals surface area contributed by atoms with E-state index in [4.69, 9.17) is 4.74 Å². The molecular formula is C20H24N2O2. The van der Waals surface area contributed by atoms with E-state index in [-0.39, 0.29) is 11.9 Å². The number of rotatable bonds is 4. The van der Waals surface area contributed by atoms with Gasteiger partial charge in [-0.3, -0.25) is 4.79 Å². The van der Waals surface area contributed by atoms with Gasteiger partial charge in [-0.05, 0) is 30.3 Å². The second kappa shape index (κ2) is 7.60. The van der Waals surface area contributed by atoms with Gasteiger partial charge >= 0.3 is 0 Å². The number of carbonyl (C=O) groups is 1. The maximum absolute atomic E-state index is 13.0. The van der Waals surface area contributed by atoms with Crippen molar-refractivity contribution in [3.05, 3.63) is 71.3 Å². The Morgan fingerprint density at radius 3 is 2.46 bits per heavy atom. The molecule has 0 unspecified atom stereocenters. The quantitative estimate of drug-likeness (QED) is 0.867. The van der Waals surface area contributed by atoms with Crippen LogP contribution in [-0.4, -0.2) is 49.5 Å². The highest BCUT2D eigenvalue weighted by molar-refractivity contribution is 5.94. The number of carbonyl (C=O) groups excluding carboxylic acids is 1. The first-order valence-electron chi connectivity index (χ1n) is 8.31. The molecule has 1 saturated heterocycles. The molecule has 0 radical (unpaired) electrons. The van der Waals surface area contributed by atoms with Crippen molar-refractivity contribution in [2.45, 2.75) is 12.6 Å². The fourth-order valence-electron chi connectivity index (χ4n) is 3.20. The van der Waals surface area contributed by atoms with Crippen LogP contribution in [0.25, 0.3) is 0 Å². The van der Waals surface area contributed by atoms with Crippen molar-refractivity contribution >= 4 is 5.91 Å². The van der Waals surface area contributed by atoms with Gasteiger partial charge in [-0.15, -0.1) is 0 Å². The molecule has 4 nitrogen and oxygen atoms in total. The lowest BCUT2D eigenvalue weighted by Gasteiger charge is -2.40. The van der Waals surface area contributed by atoms with Gasteiger partial charge < -0.3 is 14.5 Å². The van der Waals surface area contributed by atoms with Crippen LogP contribution in [0.15, 0.2) is 54.6 Å². The molecule has 1 aliphatic heterocycles. The molecule has 0 N–H and O–H groups in total. The highest BCUT2D eigenvalue weighted by atomic mass is 16.5. The first kappa shape index (κ1) is 16.7. The maximum atomic E-state index is 13.0. The van der Waals surface area contributed by atoms with Gasteiger partial charge in [0.2, 0.25) is 0 Å². The van der Waals surface area contributed by atoms with E-state index in [1.165, 1.54) is 5.56 Å². The standard InChI is InChI=1S/C20H24N2O2/c1-21-12-13-22(19(14-21)17-6-4-3-5-7-17)20(23)18-10-8-16(9-11-18)15-24-2/h3-11,19H,12-15H2,1-2H3/t19-/m1/s1. The average molecular weight is 324 g/mol. The summed E-state index contributed by atoms with van der Waals surface area (Å²) in [7, 11) is 3.78. The molecule has 1 fully saturated rings. The Hall–Kier alpha value is -2.17.